The summed E-state index contributed by atoms with van der Waals surface area (Å²) in [4.78, 5) is 18.6. The summed E-state index contributed by atoms with van der Waals surface area (Å²) in [6, 6.07) is 0. The highest BCUT2D eigenvalue weighted by molar-refractivity contribution is 5.85. The Balaban J connectivity index is 1.62. The number of nitrogens with one attached hydrogen (secondary N) is 2. The second-order valence-electron chi connectivity index (χ2n) is 8.02. The Bertz CT molecular complexity index is 470. The molecule has 1 aliphatic carbocycles. The van der Waals surface area contributed by atoms with Crippen LogP contribution in [0, 0.1) is 11.3 Å². The molecule has 0 unspecified atom stereocenters. The maximum atomic E-state index is 12.6. The number of aliphatic imine (C=N–C) groups is 1. The molecular formula is C20H38N4O3. The zero-order chi connectivity index (χ0) is 19.5. The molecule has 1 saturated carbocycles. The molecular weight excluding hydrogens is 344 g/mol. The predicted molar refractivity (Wildman–Crippen MR) is 108 cm³/mol. The van der Waals surface area contributed by atoms with Crippen molar-refractivity contribution in [1.82, 2.24) is 15.5 Å². The van der Waals surface area contributed by atoms with Gasteiger partial charge in [-0.25, -0.2) is 0 Å². The van der Waals surface area contributed by atoms with Crippen molar-refractivity contribution in [3.8, 4) is 0 Å². The standard InChI is InChI=1S/C20H38N4O3/c1-21-19(22-11-6-12-27-15-17-7-13-26-14-8-17)23-16-20(9-4-5-10-20)18(25)24(2)3/h17H,4-16H2,1-3H3,(H2,21,22,23). The van der Waals surface area contributed by atoms with E-state index in [-0.39, 0.29) is 11.3 Å². The molecule has 0 aromatic heterocycles. The summed E-state index contributed by atoms with van der Waals surface area (Å²) in [5.41, 5.74) is -0.284. The van der Waals surface area contributed by atoms with E-state index in [0.29, 0.717) is 12.5 Å². The lowest BCUT2D eigenvalue weighted by molar-refractivity contribution is -0.138. The van der Waals surface area contributed by atoms with Crippen LogP contribution in [-0.2, 0) is 14.3 Å². The van der Waals surface area contributed by atoms with Crippen LogP contribution in [0.15, 0.2) is 4.99 Å². The number of hydrogen-bond donors (Lipinski definition) is 2. The lowest BCUT2D eigenvalue weighted by atomic mass is 9.84. The molecule has 2 rings (SSSR count). The van der Waals surface area contributed by atoms with E-state index in [2.05, 4.69) is 15.6 Å². The minimum Gasteiger partial charge on any atom is -0.381 e. The third-order valence-corrected chi connectivity index (χ3v) is 5.69. The Morgan fingerprint density at radius 2 is 1.93 bits per heavy atom. The first kappa shape index (κ1) is 22.0. The van der Waals surface area contributed by atoms with Crippen LogP contribution < -0.4 is 10.6 Å². The molecule has 1 saturated heterocycles. The monoisotopic (exact) mass is 382 g/mol. The van der Waals surface area contributed by atoms with Gasteiger partial charge < -0.3 is 25.0 Å². The normalized spacial score (nSPS) is 20.5. The lowest BCUT2D eigenvalue weighted by Crippen LogP contribution is -2.49. The van der Waals surface area contributed by atoms with Crippen molar-refractivity contribution in [2.45, 2.75) is 44.9 Å². The molecule has 2 N–H and O–H groups in total. The fourth-order valence-corrected chi connectivity index (χ4v) is 4.01. The van der Waals surface area contributed by atoms with Crippen LogP contribution in [0.1, 0.15) is 44.9 Å². The van der Waals surface area contributed by atoms with E-state index in [9.17, 15) is 4.79 Å². The summed E-state index contributed by atoms with van der Waals surface area (Å²) in [5.74, 6) is 1.64. The smallest absolute Gasteiger partial charge is 0.230 e. The summed E-state index contributed by atoms with van der Waals surface area (Å²) in [6.45, 7) is 4.78. The number of hydrogen-bond acceptors (Lipinski definition) is 4. The second kappa shape index (κ2) is 11.5. The summed E-state index contributed by atoms with van der Waals surface area (Å²) in [5, 5.41) is 6.70. The predicted octanol–water partition coefficient (Wildman–Crippen LogP) is 1.63. The van der Waals surface area contributed by atoms with Crippen molar-refractivity contribution >= 4 is 11.9 Å². The van der Waals surface area contributed by atoms with Gasteiger partial charge in [-0.3, -0.25) is 9.79 Å². The Morgan fingerprint density at radius 3 is 2.56 bits per heavy atom. The molecule has 156 valence electrons. The SMILES string of the molecule is CN=C(NCCCOCC1CCOCC1)NCC1(C(=O)N(C)C)CCCC1. The van der Waals surface area contributed by atoms with Crippen LogP contribution in [0.2, 0.25) is 0 Å². The first-order valence-corrected chi connectivity index (χ1v) is 10.4. The Labute approximate surface area is 164 Å². The Morgan fingerprint density at radius 1 is 1.22 bits per heavy atom. The molecule has 1 amide bonds. The number of carbonyl (C=O) groups is 1. The molecule has 1 aliphatic heterocycles. The molecule has 0 bridgehead atoms. The van der Waals surface area contributed by atoms with Gasteiger partial charge in [0.25, 0.3) is 0 Å². The zero-order valence-electron chi connectivity index (χ0n) is 17.4. The van der Waals surface area contributed by atoms with Crippen molar-refractivity contribution in [3.05, 3.63) is 0 Å². The van der Waals surface area contributed by atoms with Crippen molar-refractivity contribution in [2.24, 2.45) is 16.3 Å². The third-order valence-electron chi connectivity index (χ3n) is 5.69. The number of carbonyl (C=O) groups excluding carboxylic acids is 1. The van der Waals surface area contributed by atoms with E-state index in [1.165, 1.54) is 0 Å². The van der Waals surface area contributed by atoms with Crippen molar-refractivity contribution in [1.29, 1.82) is 0 Å². The van der Waals surface area contributed by atoms with E-state index < -0.39 is 0 Å². The van der Waals surface area contributed by atoms with Gasteiger partial charge in [0, 0.05) is 60.7 Å². The van der Waals surface area contributed by atoms with E-state index in [1.807, 2.05) is 14.1 Å². The average Bonchev–Trinajstić information content (AvgIpc) is 3.17. The van der Waals surface area contributed by atoms with Crippen LogP contribution in [0.5, 0.6) is 0 Å². The average molecular weight is 383 g/mol. The van der Waals surface area contributed by atoms with Gasteiger partial charge in [-0.05, 0) is 38.0 Å². The number of rotatable bonds is 9. The van der Waals surface area contributed by atoms with Gasteiger partial charge in [0.15, 0.2) is 5.96 Å². The molecule has 0 radical (unpaired) electrons. The molecule has 0 aromatic carbocycles. The fraction of sp³-hybridized carbons (Fsp3) is 0.900. The Hall–Kier alpha value is -1.34. The largest absolute Gasteiger partial charge is 0.381 e. The van der Waals surface area contributed by atoms with Gasteiger partial charge in [0.05, 0.1) is 5.41 Å². The highest BCUT2D eigenvalue weighted by atomic mass is 16.5. The molecule has 27 heavy (non-hydrogen) atoms. The first-order valence-electron chi connectivity index (χ1n) is 10.4. The molecule has 2 fully saturated rings. The minimum atomic E-state index is -0.284. The van der Waals surface area contributed by atoms with Gasteiger partial charge in [0.1, 0.15) is 0 Å². The topological polar surface area (TPSA) is 75.2 Å². The molecule has 1 heterocycles. The second-order valence-corrected chi connectivity index (χ2v) is 8.02. The number of guanidine groups is 1. The first-order chi connectivity index (χ1) is 13.1. The van der Waals surface area contributed by atoms with Crippen molar-refractivity contribution in [3.63, 3.8) is 0 Å². The van der Waals surface area contributed by atoms with E-state index in [0.717, 1.165) is 83.9 Å². The van der Waals surface area contributed by atoms with Crippen molar-refractivity contribution in [2.75, 3.05) is 60.7 Å². The van der Waals surface area contributed by atoms with Gasteiger partial charge in [0.2, 0.25) is 5.91 Å². The van der Waals surface area contributed by atoms with Crippen LogP contribution in [0.4, 0.5) is 0 Å². The summed E-state index contributed by atoms with van der Waals surface area (Å²) in [7, 11) is 5.46. The van der Waals surface area contributed by atoms with Crippen molar-refractivity contribution < 1.29 is 14.3 Å². The molecule has 7 nitrogen and oxygen atoms in total. The molecule has 0 aromatic rings. The summed E-state index contributed by atoms with van der Waals surface area (Å²) in [6.07, 6.45) is 7.31. The van der Waals surface area contributed by atoms with Crippen LogP contribution in [-0.4, -0.2) is 77.4 Å². The van der Waals surface area contributed by atoms with Crippen LogP contribution >= 0.6 is 0 Å². The maximum Gasteiger partial charge on any atom is 0.230 e. The van der Waals surface area contributed by atoms with E-state index in [1.54, 1.807) is 11.9 Å². The van der Waals surface area contributed by atoms with Gasteiger partial charge in [-0.1, -0.05) is 12.8 Å². The number of ether oxygens (including phenoxy) is 2. The van der Waals surface area contributed by atoms with Crippen LogP contribution in [0.25, 0.3) is 0 Å². The maximum absolute atomic E-state index is 12.6. The van der Waals surface area contributed by atoms with Gasteiger partial charge in [-0.15, -0.1) is 0 Å². The Kier molecular flexibility index (Phi) is 9.34. The van der Waals surface area contributed by atoms with Gasteiger partial charge >= 0.3 is 0 Å². The minimum absolute atomic E-state index is 0.226. The summed E-state index contributed by atoms with van der Waals surface area (Å²) < 4.78 is 11.2. The van der Waals surface area contributed by atoms with Gasteiger partial charge in [-0.2, -0.15) is 0 Å². The van der Waals surface area contributed by atoms with E-state index >= 15 is 0 Å². The number of amides is 1. The third kappa shape index (κ3) is 6.96. The fourth-order valence-electron chi connectivity index (χ4n) is 4.01. The molecule has 7 heteroatoms. The van der Waals surface area contributed by atoms with Crippen LogP contribution in [0.3, 0.4) is 0 Å². The lowest BCUT2D eigenvalue weighted by Gasteiger charge is -2.31. The summed E-state index contributed by atoms with van der Waals surface area (Å²) >= 11 is 0. The quantitative estimate of drug-likeness (QED) is 0.360. The zero-order valence-corrected chi connectivity index (χ0v) is 17.4. The van der Waals surface area contributed by atoms with E-state index in [4.69, 9.17) is 9.47 Å². The molecule has 2 aliphatic rings. The molecule has 0 spiro atoms. The number of nitrogens with zero attached hydrogens (tertiary/aromatic N) is 2. The molecule has 0 atom stereocenters. The highest BCUT2D eigenvalue weighted by Gasteiger charge is 2.42. The highest BCUT2D eigenvalue weighted by Crippen LogP contribution is 2.38.